The average Bonchev–Trinajstić information content (AvgIpc) is 2.30. The summed E-state index contributed by atoms with van der Waals surface area (Å²) in [4.78, 5) is 13.0. The van der Waals surface area contributed by atoms with Crippen molar-refractivity contribution in [1.82, 2.24) is 4.90 Å². The van der Waals surface area contributed by atoms with Gasteiger partial charge in [0, 0.05) is 18.2 Å². The zero-order chi connectivity index (χ0) is 8.43. The molecule has 0 aliphatic carbocycles. The summed E-state index contributed by atoms with van der Waals surface area (Å²) in [7, 11) is 0. The Hall–Kier alpha value is -0.0900. The van der Waals surface area contributed by atoms with Gasteiger partial charge in [-0.3, -0.25) is 9.69 Å². The van der Waals surface area contributed by atoms with Crippen molar-refractivity contribution in [1.29, 1.82) is 0 Å². The van der Waals surface area contributed by atoms with E-state index >= 15 is 0 Å². The topological polar surface area (TPSA) is 20.3 Å². The molecule has 0 aromatic rings. The number of hydrogen-bond acceptors (Lipinski definition) is 3. The van der Waals surface area contributed by atoms with Gasteiger partial charge in [-0.1, -0.05) is 30.9 Å². The van der Waals surface area contributed by atoms with Gasteiger partial charge in [0.05, 0.1) is 0 Å². The number of amides is 1. The first-order valence-corrected chi connectivity index (χ1v) is 5.05. The molecule has 0 N–H and O–H groups in total. The van der Waals surface area contributed by atoms with Crippen molar-refractivity contribution >= 4 is 34.2 Å². The van der Waals surface area contributed by atoms with Crippen LogP contribution in [0.25, 0.3) is 0 Å². The third kappa shape index (κ3) is 1.73. The fourth-order valence-corrected chi connectivity index (χ4v) is 2.47. The van der Waals surface area contributed by atoms with Crippen molar-refractivity contribution in [2.75, 3.05) is 5.75 Å². The zero-order valence-electron chi connectivity index (χ0n) is 6.66. The van der Waals surface area contributed by atoms with Gasteiger partial charge in [-0.15, -0.1) is 0 Å². The maximum Gasteiger partial charge on any atom is 0.228 e. The van der Waals surface area contributed by atoms with E-state index in [1.165, 1.54) is 0 Å². The quantitative estimate of drug-likeness (QED) is 0.585. The molecule has 0 radical (unpaired) electrons. The molecule has 1 aliphatic heterocycles. The van der Waals surface area contributed by atoms with Gasteiger partial charge in [0.25, 0.3) is 0 Å². The number of carbonyl (C=O) groups excluding carboxylic acids is 1. The summed E-state index contributed by atoms with van der Waals surface area (Å²) in [5.74, 6) is 1.09. The van der Waals surface area contributed by atoms with Crippen LogP contribution in [0.2, 0.25) is 0 Å². The Balaban J connectivity index is 2.68. The molecule has 1 amide bonds. The fourth-order valence-electron chi connectivity index (χ4n) is 1.03. The second-order valence-electron chi connectivity index (χ2n) is 2.54. The molecule has 11 heavy (non-hydrogen) atoms. The second kappa shape index (κ2) is 3.54. The highest BCUT2D eigenvalue weighted by Gasteiger charge is 2.29. The van der Waals surface area contributed by atoms with Gasteiger partial charge < -0.3 is 0 Å². The van der Waals surface area contributed by atoms with Crippen LogP contribution in [0.5, 0.6) is 0 Å². The van der Waals surface area contributed by atoms with Crippen LogP contribution in [0, 0.1) is 0 Å². The number of hydrogen-bond donors (Lipinski definition) is 0. The third-order valence-electron chi connectivity index (χ3n) is 1.66. The van der Waals surface area contributed by atoms with E-state index in [-0.39, 0.29) is 5.91 Å². The SMILES string of the molecule is CCC(=O)N1C(=S)SCC1C. The first-order chi connectivity index (χ1) is 5.16. The first kappa shape index (κ1) is 9.00. The Labute approximate surface area is 76.3 Å². The van der Waals surface area contributed by atoms with E-state index in [9.17, 15) is 4.79 Å². The first-order valence-electron chi connectivity index (χ1n) is 3.65. The summed E-state index contributed by atoms with van der Waals surface area (Å²) in [5.41, 5.74) is 0. The standard InChI is InChI=1S/C7H11NOS2/c1-3-6(9)8-5(2)4-11-7(8)10/h5H,3-4H2,1-2H3. The fraction of sp³-hybridized carbons (Fsp3) is 0.714. The van der Waals surface area contributed by atoms with Crippen LogP contribution in [0.4, 0.5) is 0 Å². The van der Waals surface area contributed by atoms with E-state index < -0.39 is 0 Å². The normalized spacial score (nSPS) is 24.4. The van der Waals surface area contributed by atoms with Crippen LogP contribution in [0.15, 0.2) is 0 Å². The van der Waals surface area contributed by atoms with Crippen LogP contribution in [-0.4, -0.2) is 26.9 Å². The van der Waals surface area contributed by atoms with Crippen molar-refractivity contribution < 1.29 is 4.79 Å². The molecule has 0 aromatic carbocycles. The van der Waals surface area contributed by atoms with E-state index in [4.69, 9.17) is 12.2 Å². The molecular weight excluding hydrogens is 178 g/mol. The summed E-state index contributed by atoms with van der Waals surface area (Å²) in [5, 5.41) is 0. The van der Waals surface area contributed by atoms with E-state index in [1.807, 2.05) is 13.8 Å². The van der Waals surface area contributed by atoms with Crippen LogP contribution in [0.3, 0.4) is 0 Å². The molecule has 62 valence electrons. The molecule has 0 bridgehead atoms. The monoisotopic (exact) mass is 189 g/mol. The molecule has 1 saturated heterocycles. The Morgan fingerprint density at radius 2 is 2.55 bits per heavy atom. The number of carbonyl (C=O) groups is 1. The highest BCUT2D eigenvalue weighted by molar-refractivity contribution is 8.23. The molecule has 1 rings (SSSR count). The van der Waals surface area contributed by atoms with Gasteiger partial charge in [0.2, 0.25) is 5.91 Å². The number of thioether (sulfide) groups is 1. The van der Waals surface area contributed by atoms with Gasteiger partial charge in [-0.2, -0.15) is 0 Å². The van der Waals surface area contributed by atoms with E-state index in [0.29, 0.717) is 12.5 Å². The van der Waals surface area contributed by atoms with E-state index in [2.05, 4.69) is 0 Å². The lowest BCUT2D eigenvalue weighted by molar-refractivity contribution is -0.127. The molecule has 1 aliphatic rings. The summed E-state index contributed by atoms with van der Waals surface area (Å²) < 4.78 is 0.740. The lowest BCUT2D eigenvalue weighted by atomic mass is 10.3. The zero-order valence-corrected chi connectivity index (χ0v) is 8.30. The van der Waals surface area contributed by atoms with Crippen LogP contribution in [-0.2, 0) is 4.79 Å². The number of rotatable bonds is 1. The van der Waals surface area contributed by atoms with Gasteiger partial charge in [-0.05, 0) is 6.92 Å². The van der Waals surface area contributed by atoms with Crippen molar-refractivity contribution in [3.05, 3.63) is 0 Å². The Morgan fingerprint density at radius 1 is 1.91 bits per heavy atom. The third-order valence-corrected chi connectivity index (χ3v) is 3.30. The predicted molar refractivity (Wildman–Crippen MR) is 51.7 cm³/mol. The summed E-state index contributed by atoms with van der Waals surface area (Å²) in [6, 6.07) is 0.292. The van der Waals surface area contributed by atoms with Crippen LogP contribution < -0.4 is 0 Å². The van der Waals surface area contributed by atoms with Crippen molar-refractivity contribution in [3.63, 3.8) is 0 Å². The molecule has 1 atom stereocenters. The minimum Gasteiger partial charge on any atom is -0.294 e. The lowest BCUT2D eigenvalue weighted by Gasteiger charge is -2.18. The Kier molecular flexibility index (Phi) is 2.90. The maximum absolute atomic E-state index is 11.3. The molecular formula is C7H11NOS2. The summed E-state index contributed by atoms with van der Waals surface area (Å²) in [6.45, 7) is 3.89. The molecule has 1 heterocycles. The van der Waals surface area contributed by atoms with Crippen LogP contribution >= 0.6 is 24.0 Å². The van der Waals surface area contributed by atoms with Gasteiger partial charge in [0.15, 0.2) is 0 Å². The average molecular weight is 189 g/mol. The molecule has 0 aromatic heterocycles. The molecule has 0 saturated carbocycles. The maximum atomic E-state index is 11.3. The Bertz CT molecular complexity index is 193. The van der Waals surface area contributed by atoms with Crippen molar-refractivity contribution in [3.8, 4) is 0 Å². The molecule has 0 spiro atoms. The minimum atomic E-state index is 0.146. The Morgan fingerprint density at radius 3 is 2.91 bits per heavy atom. The smallest absolute Gasteiger partial charge is 0.228 e. The van der Waals surface area contributed by atoms with E-state index in [1.54, 1.807) is 16.7 Å². The van der Waals surface area contributed by atoms with Gasteiger partial charge in [0.1, 0.15) is 4.32 Å². The molecule has 1 fully saturated rings. The van der Waals surface area contributed by atoms with Gasteiger partial charge in [-0.25, -0.2) is 0 Å². The highest BCUT2D eigenvalue weighted by Crippen LogP contribution is 2.24. The van der Waals surface area contributed by atoms with Gasteiger partial charge >= 0.3 is 0 Å². The number of nitrogens with zero attached hydrogens (tertiary/aromatic N) is 1. The molecule has 4 heteroatoms. The number of thiocarbonyl (C=S) groups is 1. The largest absolute Gasteiger partial charge is 0.294 e. The lowest BCUT2D eigenvalue weighted by Crippen LogP contribution is -2.36. The molecule has 1 unspecified atom stereocenters. The highest BCUT2D eigenvalue weighted by atomic mass is 32.2. The summed E-state index contributed by atoms with van der Waals surface area (Å²) in [6.07, 6.45) is 0.547. The van der Waals surface area contributed by atoms with E-state index in [0.717, 1.165) is 10.1 Å². The van der Waals surface area contributed by atoms with Crippen LogP contribution in [0.1, 0.15) is 20.3 Å². The minimum absolute atomic E-state index is 0.146. The van der Waals surface area contributed by atoms with Crippen molar-refractivity contribution in [2.45, 2.75) is 26.3 Å². The second-order valence-corrected chi connectivity index (χ2v) is 4.20. The van der Waals surface area contributed by atoms with Crippen molar-refractivity contribution in [2.24, 2.45) is 0 Å². The molecule has 2 nitrogen and oxygen atoms in total. The summed E-state index contributed by atoms with van der Waals surface area (Å²) >= 11 is 6.62. The predicted octanol–water partition coefficient (Wildman–Crippen LogP) is 1.65.